The molecule has 7 heteroatoms. The van der Waals surface area contributed by atoms with Crippen LogP contribution in [-0.2, 0) is 14.6 Å². The van der Waals surface area contributed by atoms with E-state index >= 15 is 0 Å². The number of amides is 1. The fourth-order valence-electron chi connectivity index (χ4n) is 4.92. The average molecular weight is 437 g/mol. The molecule has 2 atom stereocenters. The highest BCUT2D eigenvalue weighted by molar-refractivity contribution is 7.93. The van der Waals surface area contributed by atoms with Crippen LogP contribution in [0.4, 0.5) is 5.69 Å². The monoisotopic (exact) mass is 436 g/mol. The summed E-state index contributed by atoms with van der Waals surface area (Å²) in [6, 6.07) is 7.80. The Morgan fingerprint density at radius 2 is 1.80 bits per heavy atom. The third kappa shape index (κ3) is 5.10. The van der Waals surface area contributed by atoms with Gasteiger partial charge < -0.3 is 15.0 Å². The molecule has 1 aliphatic carbocycles. The SMILES string of the molecule is COc1ccccc1N1CCCC(NC(=O)C(C(C)C)S(=O)(=O)C2CCCCC2)C1. The first kappa shape index (κ1) is 22.9. The summed E-state index contributed by atoms with van der Waals surface area (Å²) >= 11 is 0. The van der Waals surface area contributed by atoms with Gasteiger partial charge in [0.25, 0.3) is 0 Å². The van der Waals surface area contributed by atoms with Crippen LogP contribution in [0.3, 0.4) is 0 Å². The molecule has 1 aromatic carbocycles. The average Bonchev–Trinajstić information content (AvgIpc) is 2.74. The van der Waals surface area contributed by atoms with Gasteiger partial charge >= 0.3 is 0 Å². The summed E-state index contributed by atoms with van der Waals surface area (Å²) in [6.45, 7) is 5.22. The number of carbonyl (C=O) groups is 1. The molecule has 168 valence electrons. The summed E-state index contributed by atoms with van der Waals surface area (Å²) in [5, 5.41) is 1.74. The van der Waals surface area contributed by atoms with Crippen LogP contribution >= 0.6 is 0 Å². The number of hydrogen-bond donors (Lipinski definition) is 1. The third-order valence-corrected chi connectivity index (χ3v) is 9.30. The molecule has 1 aromatic rings. The number of nitrogens with zero attached hydrogens (tertiary/aromatic N) is 1. The number of hydrogen-bond acceptors (Lipinski definition) is 5. The molecule has 1 saturated carbocycles. The maximum Gasteiger partial charge on any atom is 0.238 e. The normalized spacial score (nSPS) is 22.0. The summed E-state index contributed by atoms with van der Waals surface area (Å²) in [4.78, 5) is 15.4. The number of para-hydroxylation sites is 2. The molecule has 1 aliphatic heterocycles. The summed E-state index contributed by atoms with van der Waals surface area (Å²) in [7, 11) is -1.84. The van der Waals surface area contributed by atoms with Crippen molar-refractivity contribution >= 4 is 21.4 Å². The van der Waals surface area contributed by atoms with Crippen molar-refractivity contribution in [3.05, 3.63) is 24.3 Å². The zero-order valence-corrected chi connectivity index (χ0v) is 19.3. The number of rotatable bonds is 7. The lowest BCUT2D eigenvalue weighted by Crippen LogP contribution is -2.54. The maximum atomic E-state index is 13.3. The number of sulfone groups is 1. The van der Waals surface area contributed by atoms with Gasteiger partial charge in [-0.1, -0.05) is 45.2 Å². The van der Waals surface area contributed by atoms with Crippen molar-refractivity contribution in [1.82, 2.24) is 5.32 Å². The number of nitrogens with one attached hydrogen (secondary N) is 1. The fourth-order valence-corrected chi connectivity index (χ4v) is 7.45. The van der Waals surface area contributed by atoms with Gasteiger partial charge in [-0.15, -0.1) is 0 Å². The van der Waals surface area contributed by atoms with Crippen LogP contribution in [-0.4, -0.2) is 51.1 Å². The first-order valence-electron chi connectivity index (χ1n) is 11.3. The highest BCUT2D eigenvalue weighted by Gasteiger charge is 2.41. The second-order valence-electron chi connectivity index (χ2n) is 8.98. The van der Waals surface area contributed by atoms with E-state index < -0.39 is 15.1 Å². The van der Waals surface area contributed by atoms with Gasteiger partial charge in [-0.3, -0.25) is 4.79 Å². The van der Waals surface area contributed by atoms with Gasteiger partial charge in [0, 0.05) is 19.1 Å². The molecule has 0 spiro atoms. The standard InChI is InChI=1S/C23H36N2O4S/c1-17(2)22(30(27,28)19-11-5-4-6-12-19)23(26)24-18-10-9-15-25(16-18)20-13-7-8-14-21(20)29-3/h7-8,13-14,17-19,22H,4-6,9-12,15-16H2,1-3H3,(H,24,26). The van der Waals surface area contributed by atoms with Crippen LogP contribution in [0.25, 0.3) is 0 Å². The van der Waals surface area contributed by atoms with Crippen LogP contribution in [0, 0.1) is 5.92 Å². The Bertz CT molecular complexity index is 818. The van der Waals surface area contributed by atoms with E-state index in [1.54, 1.807) is 7.11 Å². The number of piperidine rings is 1. The summed E-state index contributed by atoms with van der Waals surface area (Å²) < 4.78 is 32.1. The van der Waals surface area contributed by atoms with Crippen molar-refractivity contribution < 1.29 is 17.9 Å². The van der Waals surface area contributed by atoms with Gasteiger partial charge in [-0.2, -0.15) is 0 Å². The number of ether oxygens (including phenoxy) is 1. The predicted molar refractivity (Wildman–Crippen MR) is 121 cm³/mol. The van der Waals surface area contributed by atoms with Crippen LogP contribution in [0.2, 0.25) is 0 Å². The molecule has 1 heterocycles. The molecule has 0 bridgehead atoms. The lowest BCUT2D eigenvalue weighted by atomic mass is 10.0. The Balaban J connectivity index is 1.71. The van der Waals surface area contributed by atoms with Gasteiger partial charge in [0.05, 0.1) is 18.0 Å². The van der Waals surface area contributed by atoms with Gasteiger partial charge in [0.2, 0.25) is 5.91 Å². The predicted octanol–water partition coefficient (Wildman–Crippen LogP) is 3.55. The molecular formula is C23H36N2O4S. The van der Waals surface area contributed by atoms with Gasteiger partial charge in [-0.05, 0) is 43.7 Å². The quantitative estimate of drug-likeness (QED) is 0.707. The summed E-state index contributed by atoms with van der Waals surface area (Å²) in [5.74, 6) is 0.234. The lowest BCUT2D eigenvalue weighted by Gasteiger charge is -2.36. The van der Waals surface area contributed by atoms with Crippen LogP contribution in [0.15, 0.2) is 24.3 Å². The molecular weight excluding hydrogens is 400 g/mol. The molecule has 30 heavy (non-hydrogen) atoms. The van der Waals surface area contributed by atoms with Crippen molar-refractivity contribution in [3.63, 3.8) is 0 Å². The molecule has 1 saturated heterocycles. The van der Waals surface area contributed by atoms with Crippen molar-refractivity contribution in [3.8, 4) is 5.75 Å². The van der Waals surface area contributed by atoms with E-state index in [1.165, 1.54) is 0 Å². The highest BCUT2D eigenvalue weighted by Crippen LogP contribution is 2.31. The molecule has 3 rings (SSSR count). The molecule has 2 fully saturated rings. The van der Waals surface area contributed by atoms with Crippen molar-refractivity contribution in [2.24, 2.45) is 5.92 Å². The highest BCUT2D eigenvalue weighted by atomic mass is 32.2. The van der Waals surface area contributed by atoms with Gasteiger partial charge in [0.1, 0.15) is 11.0 Å². The van der Waals surface area contributed by atoms with E-state index in [-0.39, 0.29) is 23.1 Å². The van der Waals surface area contributed by atoms with Crippen molar-refractivity contribution in [1.29, 1.82) is 0 Å². The third-order valence-electron chi connectivity index (χ3n) is 6.43. The van der Waals surface area contributed by atoms with E-state index in [0.29, 0.717) is 19.4 Å². The summed E-state index contributed by atoms with van der Waals surface area (Å²) in [5.41, 5.74) is 1.01. The van der Waals surface area contributed by atoms with Crippen LogP contribution in [0.1, 0.15) is 58.8 Å². The van der Waals surface area contributed by atoms with E-state index in [0.717, 1.165) is 50.1 Å². The minimum absolute atomic E-state index is 0.0704. The van der Waals surface area contributed by atoms with E-state index in [4.69, 9.17) is 4.74 Å². The molecule has 6 nitrogen and oxygen atoms in total. The smallest absolute Gasteiger partial charge is 0.238 e. The zero-order chi connectivity index (χ0) is 21.7. The minimum Gasteiger partial charge on any atom is -0.495 e. The molecule has 2 unspecified atom stereocenters. The molecule has 0 radical (unpaired) electrons. The molecule has 2 aliphatic rings. The second kappa shape index (κ2) is 10.0. The van der Waals surface area contributed by atoms with Crippen LogP contribution in [0.5, 0.6) is 5.75 Å². The van der Waals surface area contributed by atoms with Gasteiger partial charge in [0.15, 0.2) is 9.84 Å². The van der Waals surface area contributed by atoms with E-state index in [1.807, 2.05) is 38.1 Å². The van der Waals surface area contributed by atoms with Crippen molar-refractivity contribution in [2.75, 3.05) is 25.1 Å². The number of anilines is 1. The first-order valence-corrected chi connectivity index (χ1v) is 12.9. The first-order chi connectivity index (χ1) is 14.3. The summed E-state index contributed by atoms with van der Waals surface area (Å²) in [6.07, 6.45) is 6.12. The molecule has 1 amide bonds. The molecule has 0 aromatic heterocycles. The Morgan fingerprint density at radius 1 is 1.10 bits per heavy atom. The lowest BCUT2D eigenvalue weighted by molar-refractivity contribution is -0.122. The minimum atomic E-state index is -3.50. The van der Waals surface area contributed by atoms with E-state index in [2.05, 4.69) is 10.2 Å². The zero-order valence-electron chi connectivity index (χ0n) is 18.5. The largest absolute Gasteiger partial charge is 0.495 e. The number of carbonyl (C=O) groups excluding carboxylic acids is 1. The van der Waals surface area contributed by atoms with Crippen LogP contribution < -0.4 is 15.0 Å². The Labute approximate surface area is 181 Å². The second-order valence-corrected chi connectivity index (χ2v) is 11.3. The Hall–Kier alpha value is -1.76. The van der Waals surface area contributed by atoms with Crippen molar-refractivity contribution in [2.45, 2.75) is 75.3 Å². The van der Waals surface area contributed by atoms with E-state index in [9.17, 15) is 13.2 Å². The maximum absolute atomic E-state index is 13.3. The molecule has 1 N–H and O–H groups in total. The Kier molecular flexibility index (Phi) is 7.66. The topological polar surface area (TPSA) is 75.7 Å². The number of methoxy groups -OCH3 is 1. The fraction of sp³-hybridized carbons (Fsp3) is 0.696. The van der Waals surface area contributed by atoms with Gasteiger partial charge in [-0.25, -0.2) is 8.42 Å². The number of benzene rings is 1. The Morgan fingerprint density at radius 3 is 2.47 bits per heavy atom.